The van der Waals surface area contributed by atoms with Crippen molar-refractivity contribution in [1.82, 2.24) is 0 Å². The Hall–Kier alpha value is -0.0881. The van der Waals surface area contributed by atoms with Crippen LogP contribution < -0.4 is 10.2 Å². The molecule has 0 saturated carbocycles. The maximum absolute atomic E-state index is 9.63. The Bertz CT molecular complexity index is 144. The Kier molecular flexibility index (Phi) is 11.2. The van der Waals surface area contributed by atoms with Crippen molar-refractivity contribution >= 4 is 29.3 Å². The van der Waals surface area contributed by atoms with Gasteiger partial charge in [0.15, 0.2) is 0 Å². The Labute approximate surface area is 88.8 Å². The van der Waals surface area contributed by atoms with Crippen molar-refractivity contribution in [2.75, 3.05) is 0 Å². The van der Waals surface area contributed by atoms with Crippen LogP contribution in [0.5, 0.6) is 0 Å². The zero-order chi connectivity index (χ0) is 8.31. The fraction of sp³-hybridized carbons (Fsp3) is 0.500. The number of carboxylic acids is 2. The van der Waals surface area contributed by atoms with Gasteiger partial charge >= 0.3 is 34.4 Å². The second kappa shape index (κ2) is 7.56. The number of rotatable bonds is 3. The predicted octanol–water partition coefficient (Wildman–Crippen LogP) is -5.18. The molecular weight excluding hydrogens is 226 g/mol. The second-order valence-electron chi connectivity index (χ2n) is 1.53. The molecule has 2 unspecified atom stereocenters. The molecule has 2 atom stereocenters. The van der Waals surface area contributed by atoms with E-state index in [0.717, 1.165) is 0 Å². The van der Waals surface area contributed by atoms with Crippen LogP contribution in [0.3, 0.4) is 0 Å². The van der Waals surface area contributed by atoms with E-state index in [0.29, 0.717) is 0 Å². The fourth-order valence-electron chi connectivity index (χ4n) is 0.258. The van der Waals surface area contributed by atoms with Gasteiger partial charge in [0.1, 0.15) is 12.2 Å². The normalized spacial score (nSPS) is 13.2. The average molecular weight is 230 g/mol. The first-order valence-electron chi connectivity index (χ1n) is 2.24. The van der Waals surface area contributed by atoms with Crippen LogP contribution in [0, 0.1) is 0 Å². The van der Waals surface area contributed by atoms with Gasteiger partial charge in [-0.3, -0.25) is 0 Å². The molecule has 0 amide bonds. The first-order valence-corrected chi connectivity index (χ1v) is 2.24. The molecule has 0 aromatic rings. The fourth-order valence-corrected chi connectivity index (χ4v) is 0.258. The third-order valence-electron chi connectivity index (χ3n) is 0.782. The first-order chi connectivity index (χ1) is 4.46. The number of carboxylic acid groups (broad SMARTS) is 2. The summed E-state index contributed by atoms with van der Waals surface area (Å²) in [6.45, 7) is 0. The Morgan fingerprint density at radius 2 is 1.17 bits per heavy atom. The van der Waals surface area contributed by atoms with E-state index in [-0.39, 0.29) is 34.4 Å². The van der Waals surface area contributed by atoms with E-state index in [2.05, 4.69) is 0 Å². The second-order valence-corrected chi connectivity index (χ2v) is 1.53. The van der Waals surface area contributed by atoms with E-state index < -0.39 is 24.1 Å². The third kappa shape index (κ3) is 5.55. The summed E-state index contributed by atoms with van der Waals surface area (Å²) in [4.78, 5) is 19.3. The topological polar surface area (TPSA) is 121 Å². The Morgan fingerprint density at radius 1 is 1.00 bits per heavy atom. The molecule has 0 aliphatic rings. The molecule has 0 aliphatic carbocycles. The number of aliphatic carboxylic acids is 2. The van der Waals surface area contributed by atoms with E-state index in [9.17, 15) is 19.8 Å². The molecule has 1 radical (unpaired) electrons. The maximum Gasteiger partial charge on any atom is 3.00 e. The summed E-state index contributed by atoms with van der Waals surface area (Å²) in [7, 11) is 0. The number of carbonyl (C=O) groups excluding carboxylic acids is 2. The summed E-state index contributed by atoms with van der Waals surface area (Å²) in [5.41, 5.74) is 0. The number of hydrogen-bond acceptors (Lipinski definition) is 6. The van der Waals surface area contributed by atoms with Crippen molar-refractivity contribution in [1.29, 1.82) is 0 Å². The molecule has 0 aromatic heterocycles. The average Bonchev–Trinajstić information content (AvgIpc) is 1.84. The van der Waals surface area contributed by atoms with Gasteiger partial charge in [-0.25, -0.2) is 0 Å². The van der Waals surface area contributed by atoms with Gasteiger partial charge in [0, 0.05) is 0 Å². The monoisotopic (exact) mass is 230 g/mol. The van der Waals surface area contributed by atoms with Crippen molar-refractivity contribution in [2.24, 2.45) is 0 Å². The van der Waals surface area contributed by atoms with Crippen LogP contribution in [0.15, 0.2) is 0 Å². The van der Waals surface area contributed by atoms with Crippen LogP contribution in [0.25, 0.3) is 0 Å². The minimum Gasteiger partial charge on any atom is -0.547 e. The standard InChI is InChI=1S/C4H6O6.Al.Mn/c5-1(3(7)8)2(6)4(9)10;;/h1-2,5-6H,(H,7,8)(H,9,10);;/q;+3;+2/p-2. The minimum absolute atomic E-state index is 0. The van der Waals surface area contributed by atoms with Gasteiger partial charge in [0.05, 0.1) is 11.9 Å². The van der Waals surface area contributed by atoms with E-state index in [1.54, 1.807) is 0 Å². The SMILES string of the molecule is O=C([O-])C(O)C(O)C(=O)[O-].[Al+3].[Mn+2]. The summed E-state index contributed by atoms with van der Waals surface area (Å²) in [6, 6.07) is 0. The van der Waals surface area contributed by atoms with E-state index in [1.807, 2.05) is 0 Å². The molecule has 6 nitrogen and oxygen atoms in total. The molecule has 0 spiro atoms. The van der Waals surface area contributed by atoms with Crippen LogP contribution in [-0.2, 0) is 26.7 Å². The molecule has 0 rings (SSSR count). The van der Waals surface area contributed by atoms with Crippen LogP contribution in [0.4, 0.5) is 0 Å². The zero-order valence-electron chi connectivity index (χ0n) is 5.64. The van der Waals surface area contributed by atoms with Gasteiger partial charge in [-0.05, 0) is 0 Å². The summed E-state index contributed by atoms with van der Waals surface area (Å²) in [5, 5.41) is 35.7. The number of carbonyl (C=O) groups is 2. The molecule has 0 heterocycles. The quantitative estimate of drug-likeness (QED) is 0.467. The predicted molar refractivity (Wildman–Crippen MR) is 27.8 cm³/mol. The van der Waals surface area contributed by atoms with Crippen LogP contribution in [0.1, 0.15) is 0 Å². The van der Waals surface area contributed by atoms with Crippen molar-refractivity contribution in [3.8, 4) is 0 Å². The largest absolute Gasteiger partial charge is 3.00 e. The molecule has 63 valence electrons. The van der Waals surface area contributed by atoms with Crippen molar-refractivity contribution < 1.29 is 47.1 Å². The molecular formula is C4H4AlMnO6+3. The number of aliphatic hydroxyl groups is 2. The van der Waals surface area contributed by atoms with Gasteiger partial charge in [-0.1, -0.05) is 0 Å². The smallest absolute Gasteiger partial charge is 0.547 e. The van der Waals surface area contributed by atoms with E-state index in [4.69, 9.17) is 10.2 Å². The van der Waals surface area contributed by atoms with Gasteiger partial charge < -0.3 is 30.0 Å². The number of hydrogen-bond donors (Lipinski definition) is 2. The Morgan fingerprint density at radius 3 is 1.25 bits per heavy atom. The molecule has 0 aromatic carbocycles. The summed E-state index contributed by atoms with van der Waals surface area (Å²) in [5.74, 6) is -4.12. The third-order valence-corrected chi connectivity index (χ3v) is 0.782. The molecule has 0 bridgehead atoms. The number of aliphatic hydroxyl groups excluding tert-OH is 2. The molecule has 0 aliphatic heterocycles. The summed E-state index contributed by atoms with van der Waals surface area (Å²) < 4.78 is 0. The molecule has 0 fully saturated rings. The van der Waals surface area contributed by atoms with Gasteiger partial charge in [0.25, 0.3) is 0 Å². The molecule has 12 heavy (non-hydrogen) atoms. The maximum atomic E-state index is 9.63. The van der Waals surface area contributed by atoms with Gasteiger partial charge in [-0.2, -0.15) is 0 Å². The zero-order valence-corrected chi connectivity index (χ0v) is 7.97. The molecule has 0 saturated heterocycles. The summed E-state index contributed by atoms with van der Waals surface area (Å²) in [6.07, 6.45) is -4.88. The van der Waals surface area contributed by atoms with Crippen molar-refractivity contribution in [3.05, 3.63) is 0 Å². The summed E-state index contributed by atoms with van der Waals surface area (Å²) >= 11 is 0. The first kappa shape index (κ1) is 17.9. The minimum atomic E-state index is -2.44. The van der Waals surface area contributed by atoms with Gasteiger partial charge in [0.2, 0.25) is 0 Å². The Balaban J connectivity index is -0.000000405. The van der Waals surface area contributed by atoms with Crippen LogP contribution >= 0.6 is 0 Å². The van der Waals surface area contributed by atoms with Crippen molar-refractivity contribution in [2.45, 2.75) is 12.2 Å². The van der Waals surface area contributed by atoms with E-state index >= 15 is 0 Å². The van der Waals surface area contributed by atoms with Gasteiger partial charge in [-0.15, -0.1) is 0 Å². The molecule has 8 heteroatoms. The van der Waals surface area contributed by atoms with Crippen LogP contribution in [0.2, 0.25) is 0 Å². The van der Waals surface area contributed by atoms with E-state index in [1.165, 1.54) is 0 Å². The molecule has 2 N–H and O–H groups in total. The van der Waals surface area contributed by atoms with Crippen molar-refractivity contribution in [3.63, 3.8) is 0 Å². The van der Waals surface area contributed by atoms with Crippen LogP contribution in [-0.4, -0.2) is 51.7 Å².